The first kappa shape index (κ1) is 21.0. The van der Waals surface area contributed by atoms with Gasteiger partial charge in [-0.25, -0.2) is 0 Å². The average molecular weight is 441 g/mol. The molecule has 4 fully saturated rings. The van der Waals surface area contributed by atoms with Gasteiger partial charge in [-0.05, 0) is 80.9 Å². The molecule has 2 aliphatic carbocycles. The number of amidine groups is 1. The van der Waals surface area contributed by atoms with Crippen molar-refractivity contribution in [2.75, 3.05) is 13.1 Å². The third kappa shape index (κ3) is 4.52. The number of amides is 2. The van der Waals surface area contributed by atoms with Gasteiger partial charge in [-0.1, -0.05) is 18.2 Å². The molecule has 0 radical (unpaired) electrons. The lowest BCUT2D eigenvalue weighted by Crippen LogP contribution is -2.42. The molecule has 31 heavy (non-hydrogen) atoms. The van der Waals surface area contributed by atoms with Crippen LogP contribution < -0.4 is 5.32 Å². The summed E-state index contributed by atoms with van der Waals surface area (Å²) in [6.45, 7) is 3.63. The summed E-state index contributed by atoms with van der Waals surface area (Å²) in [5.74, 6) is 2.35. The zero-order valence-corrected chi connectivity index (χ0v) is 19.1. The van der Waals surface area contributed by atoms with Gasteiger partial charge >= 0.3 is 0 Å². The van der Waals surface area contributed by atoms with E-state index in [1.807, 2.05) is 17.0 Å². The molecular weight excluding hydrogens is 408 g/mol. The minimum Gasteiger partial charge on any atom is -0.342 e. The number of aromatic nitrogens is 1. The third-order valence-corrected chi connectivity index (χ3v) is 8.96. The van der Waals surface area contributed by atoms with Crippen LogP contribution in [0.2, 0.25) is 0 Å². The van der Waals surface area contributed by atoms with E-state index < -0.39 is 4.75 Å². The Kier molecular flexibility index (Phi) is 5.80. The van der Waals surface area contributed by atoms with Gasteiger partial charge in [0.2, 0.25) is 11.8 Å². The van der Waals surface area contributed by atoms with Gasteiger partial charge in [0, 0.05) is 25.5 Å². The SMILES string of the molecule is CC1(CC2CCN(C(=O)Cc3ccncc3)CC2)SC(=N[C@H]2C[C@@H]3CC[C@H]2C3)NC1=O. The summed E-state index contributed by atoms with van der Waals surface area (Å²) in [7, 11) is 0. The number of carbonyl (C=O) groups excluding carboxylic acids is 2. The van der Waals surface area contributed by atoms with E-state index in [-0.39, 0.29) is 11.8 Å². The van der Waals surface area contributed by atoms with Crippen LogP contribution in [0.5, 0.6) is 0 Å². The number of fused-ring (bicyclic) bond motifs is 2. The number of aliphatic imine (C=N–C) groups is 1. The monoisotopic (exact) mass is 440 g/mol. The second-order valence-corrected chi connectivity index (χ2v) is 11.5. The van der Waals surface area contributed by atoms with E-state index in [0.717, 1.165) is 54.9 Å². The Morgan fingerprint density at radius 3 is 2.68 bits per heavy atom. The van der Waals surface area contributed by atoms with E-state index in [9.17, 15) is 9.59 Å². The lowest BCUT2D eigenvalue weighted by molar-refractivity contribution is -0.132. The first-order valence-corrected chi connectivity index (χ1v) is 12.5. The highest BCUT2D eigenvalue weighted by molar-refractivity contribution is 8.16. The zero-order valence-electron chi connectivity index (χ0n) is 18.3. The highest BCUT2D eigenvalue weighted by Crippen LogP contribution is 2.47. The Morgan fingerprint density at radius 2 is 2.00 bits per heavy atom. The number of nitrogens with zero attached hydrogens (tertiary/aromatic N) is 3. The van der Waals surface area contributed by atoms with Crippen LogP contribution in [0.25, 0.3) is 0 Å². The number of pyridine rings is 1. The molecule has 0 aromatic carbocycles. The van der Waals surface area contributed by atoms with Crippen molar-refractivity contribution in [3.05, 3.63) is 30.1 Å². The van der Waals surface area contributed by atoms with E-state index in [2.05, 4.69) is 17.2 Å². The molecule has 1 aromatic rings. The number of nitrogens with one attached hydrogen (secondary N) is 1. The summed E-state index contributed by atoms with van der Waals surface area (Å²) in [5, 5.41) is 3.92. The second kappa shape index (κ2) is 8.57. The molecule has 2 saturated carbocycles. The van der Waals surface area contributed by atoms with E-state index >= 15 is 0 Å². The molecule has 4 atom stereocenters. The molecule has 166 valence electrons. The quantitative estimate of drug-likeness (QED) is 0.761. The molecule has 5 rings (SSSR count). The van der Waals surface area contributed by atoms with Crippen molar-refractivity contribution in [3.8, 4) is 0 Å². The maximum Gasteiger partial charge on any atom is 0.242 e. The molecular formula is C24H32N4O2S. The van der Waals surface area contributed by atoms with Gasteiger partial charge < -0.3 is 10.2 Å². The van der Waals surface area contributed by atoms with Gasteiger partial charge in [-0.3, -0.25) is 19.6 Å². The van der Waals surface area contributed by atoms with Gasteiger partial charge in [-0.2, -0.15) is 0 Å². The van der Waals surface area contributed by atoms with Crippen LogP contribution in [0.15, 0.2) is 29.5 Å². The topological polar surface area (TPSA) is 74.7 Å². The Balaban J connectivity index is 1.13. The number of carbonyl (C=O) groups is 2. The van der Waals surface area contributed by atoms with Crippen LogP contribution in [-0.4, -0.2) is 50.7 Å². The van der Waals surface area contributed by atoms with E-state index in [0.29, 0.717) is 18.4 Å². The highest BCUT2D eigenvalue weighted by atomic mass is 32.2. The predicted octanol–water partition coefficient (Wildman–Crippen LogP) is 3.42. The van der Waals surface area contributed by atoms with Gasteiger partial charge in [0.1, 0.15) is 0 Å². The van der Waals surface area contributed by atoms with Gasteiger partial charge in [0.05, 0.1) is 17.2 Å². The maximum atomic E-state index is 12.8. The van der Waals surface area contributed by atoms with Crippen LogP contribution in [0, 0.1) is 17.8 Å². The first-order valence-electron chi connectivity index (χ1n) is 11.7. The van der Waals surface area contributed by atoms with E-state index in [1.165, 1.54) is 25.7 Å². The van der Waals surface area contributed by atoms with Crippen LogP contribution in [0.4, 0.5) is 0 Å². The lowest BCUT2D eigenvalue weighted by Gasteiger charge is -2.34. The molecule has 2 aliphatic heterocycles. The number of thioether (sulfide) groups is 1. The van der Waals surface area contributed by atoms with Crippen molar-refractivity contribution in [2.45, 2.75) is 69.1 Å². The molecule has 3 heterocycles. The van der Waals surface area contributed by atoms with E-state index in [4.69, 9.17) is 4.99 Å². The maximum absolute atomic E-state index is 12.8. The van der Waals surface area contributed by atoms with Crippen molar-refractivity contribution < 1.29 is 9.59 Å². The van der Waals surface area contributed by atoms with Crippen LogP contribution in [0.3, 0.4) is 0 Å². The van der Waals surface area contributed by atoms with Crippen LogP contribution in [-0.2, 0) is 16.0 Å². The van der Waals surface area contributed by atoms with Crippen molar-refractivity contribution in [2.24, 2.45) is 22.7 Å². The Labute approximate surface area is 188 Å². The molecule has 4 aliphatic rings. The molecule has 6 nitrogen and oxygen atoms in total. The normalized spacial score (nSPS) is 34.5. The summed E-state index contributed by atoms with van der Waals surface area (Å²) in [6, 6.07) is 4.22. The van der Waals surface area contributed by atoms with Crippen molar-refractivity contribution in [1.82, 2.24) is 15.2 Å². The van der Waals surface area contributed by atoms with Crippen LogP contribution >= 0.6 is 11.8 Å². The molecule has 2 saturated heterocycles. The van der Waals surface area contributed by atoms with Gasteiger partial charge in [0.15, 0.2) is 5.17 Å². The van der Waals surface area contributed by atoms with Gasteiger partial charge in [-0.15, -0.1) is 0 Å². The fourth-order valence-electron chi connectivity index (χ4n) is 5.95. The molecule has 2 bridgehead atoms. The largest absolute Gasteiger partial charge is 0.342 e. The second-order valence-electron chi connectivity index (χ2n) is 10.0. The van der Waals surface area contributed by atoms with Gasteiger partial charge in [0.25, 0.3) is 0 Å². The Bertz CT molecular complexity index is 868. The molecule has 0 spiro atoms. The predicted molar refractivity (Wildman–Crippen MR) is 123 cm³/mol. The standard InChI is InChI=1S/C24H32N4O2S/c1-24(22(30)27-23(31-24)26-20-13-18-2-3-19(20)12-18)15-17-6-10-28(11-7-17)21(29)14-16-4-8-25-9-5-16/h4-5,8-9,17-20H,2-3,6-7,10-15H2,1H3,(H,26,27,30)/t18-,19+,20+,24?/m1/s1. The number of hydrogen-bond acceptors (Lipinski definition) is 5. The smallest absolute Gasteiger partial charge is 0.242 e. The first-order chi connectivity index (χ1) is 15.0. The summed E-state index contributed by atoms with van der Waals surface area (Å²) in [5.41, 5.74) is 1.01. The Hall–Kier alpha value is -1.89. The molecule has 1 aromatic heterocycles. The molecule has 2 amide bonds. The molecule has 7 heteroatoms. The summed E-state index contributed by atoms with van der Waals surface area (Å²) in [6.07, 6.45) is 11.9. The highest BCUT2D eigenvalue weighted by Gasteiger charge is 2.46. The Morgan fingerprint density at radius 1 is 1.23 bits per heavy atom. The minimum absolute atomic E-state index is 0.107. The minimum atomic E-state index is -0.440. The lowest BCUT2D eigenvalue weighted by atomic mass is 9.87. The molecule has 1 unspecified atom stereocenters. The fraction of sp³-hybridized carbons (Fsp3) is 0.667. The van der Waals surface area contributed by atoms with Crippen molar-refractivity contribution >= 4 is 28.7 Å². The number of rotatable bonds is 5. The van der Waals surface area contributed by atoms with Crippen molar-refractivity contribution in [3.63, 3.8) is 0 Å². The van der Waals surface area contributed by atoms with Crippen LogP contribution in [0.1, 0.15) is 57.4 Å². The summed E-state index contributed by atoms with van der Waals surface area (Å²) >= 11 is 1.64. The average Bonchev–Trinajstić information content (AvgIpc) is 3.44. The summed E-state index contributed by atoms with van der Waals surface area (Å²) < 4.78 is -0.440. The number of piperidine rings is 1. The molecule has 1 N–H and O–H groups in total. The number of hydrogen-bond donors (Lipinski definition) is 1. The fourth-order valence-corrected chi connectivity index (χ4v) is 7.17. The van der Waals surface area contributed by atoms with E-state index in [1.54, 1.807) is 24.2 Å². The third-order valence-electron chi connectivity index (χ3n) is 7.76. The van der Waals surface area contributed by atoms with Crippen molar-refractivity contribution in [1.29, 1.82) is 0 Å². The number of likely N-dealkylation sites (tertiary alicyclic amines) is 1. The summed E-state index contributed by atoms with van der Waals surface area (Å²) in [4.78, 5) is 36.4. The zero-order chi connectivity index (χ0) is 21.4.